The van der Waals surface area contributed by atoms with Gasteiger partial charge in [0.05, 0.1) is 19.3 Å². The molecule has 0 aliphatic rings. The minimum atomic E-state index is -0.331. The minimum Gasteiger partial charge on any atom is -0.497 e. The average Bonchev–Trinajstić information content (AvgIpc) is 2.62. The lowest BCUT2D eigenvalue weighted by atomic mass is 10.0. The second-order valence-electron chi connectivity index (χ2n) is 5.23. The molecule has 2 aromatic carbocycles. The van der Waals surface area contributed by atoms with E-state index in [0.717, 1.165) is 0 Å². The minimum absolute atomic E-state index is 0.0984. The van der Waals surface area contributed by atoms with Crippen LogP contribution in [-0.4, -0.2) is 24.5 Å². The van der Waals surface area contributed by atoms with Gasteiger partial charge in [-0.3, -0.25) is 9.59 Å². The first-order valence-corrected chi connectivity index (χ1v) is 7.61. The maximum Gasteiger partial charge on any atom is 0.200 e. The molecule has 24 heavy (non-hydrogen) atoms. The number of rotatable bonds is 5. The highest BCUT2D eigenvalue weighted by atomic mass is 16.5. The van der Waals surface area contributed by atoms with Crippen LogP contribution in [0.3, 0.4) is 0 Å². The highest BCUT2D eigenvalue weighted by Gasteiger charge is 2.15. The molecule has 3 aromatic rings. The van der Waals surface area contributed by atoms with E-state index < -0.39 is 0 Å². The lowest BCUT2D eigenvalue weighted by Gasteiger charge is -2.07. The standard InChI is InChI=1S/C19H17NO4/c1-3-24-14-8-9-17-15(10-14)19(22)16(11-20-17)18(21)12-4-6-13(23-2)7-5-12/h4-11H,3H2,1-2H3,(H,20,22). The average molecular weight is 323 g/mol. The quantitative estimate of drug-likeness (QED) is 0.732. The Morgan fingerprint density at radius 3 is 2.46 bits per heavy atom. The van der Waals surface area contributed by atoms with Crippen LogP contribution in [0.5, 0.6) is 11.5 Å². The number of carbonyl (C=O) groups excluding carboxylic acids is 1. The number of nitrogens with one attached hydrogen (secondary N) is 1. The SMILES string of the molecule is CCOc1ccc2[nH]cc(C(=O)c3ccc(OC)cc3)c(=O)c2c1. The molecular weight excluding hydrogens is 306 g/mol. The Morgan fingerprint density at radius 1 is 1.08 bits per heavy atom. The number of hydrogen-bond acceptors (Lipinski definition) is 4. The third-order valence-electron chi connectivity index (χ3n) is 3.76. The van der Waals surface area contributed by atoms with Crippen LogP contribution in [-0.2, 0) is 0 Å². The summed E-state index contributed by atoms with van der Waals surface area (Å²) in [6.45, 7) is 2.38. The summed E-state index contributed by atoms with van der Waals surface area (Å²) in [6.07, 6.45) is 1.46. The molecule has 0 saturated heterocycles. The van der Waals surface area contributed by atoms with Crippen molar-refractivity contribution in [2.75, 3.05) is 13.7 Å². The van der Waals surface area contributed by atoms with Crippen LogP contribution in [0.2, 0.25) is 0 Å². The topological polar surface area (TPSA) is 68.4 Å². The zero-order chi connectivity index (χ0) is 17.1. The first kappa shape index (κ1) is 15.8. The maximum absolute atomic E-state index is 12.7. The van der Waals surface area contributed by atoms with Crippen LogP contribution in [0.1, 0.15) is 22.8 Å². The lowest BCUT2D eigenvalue weighted by Crippen LogP contribution is -2.16. The molecule has 0 amide bonds. The van der Waals surface area contributed by atoms with Crippen LogP contribution < -0.4 is 14.9 Å². The Hall–Kier alpha value is -3.08. The molecule has 5 heteroatoms. The normalized spacial score (nSPS) is 10.6. The molecule has 0 fully saturated rings. The van der Waals surface area contributed by atoms with E-state index in [4.69, 9.17) is 9.47 Å². The molecule has 5 nitrogen and oxygen atoms in total. The molecule has 0 aliphatic carbocycles. The van der Waals surface area contributed by atoms with Crippen molar-refractivity contribution >= 4 is 16.7 Å². The van der Waals surface area contributed by atoms with Crippen LogP contribution in [0, 0.1) is 0 Å². The van der Waals surface area contributed by atoms with Gasteiger partial charge in [0.15, 0.2) is 5.78 Å². The van der Waals surface area contributed by atoms with Crippen molar-refractivity contribution in [1.82, 2.24) is 4.98 Å². The Kier molecular flexibility index (Phi) is 4.33. The summed E-state index contributed by atoms with van der Waals surface area (Å²) in [7, 11) is 1.56. The first-order valence-electron chi connectivity index (χ1n) is 7.61. The van der Waals surface area contributed by atoms with E-state index in [1.807, 2.05) is 6.92 Å². The van der Waals surface area contributed by atoms with Crippen molar-refractivity contribution in [1.29, 1.82) is 0 Å². The van der Waals surface area contributed by atoms with Gasteiger partial charge in [-0.1, -0.05) is 0 Å². The molecule has 3 rings (SSSR count). The molecule has 0 spiro atoms. The number of pyridine rings is 1. The Labute approximate surface area is 138 Å². The fourth-order valence-electron chi connectivity index (χ4n) is 2.52. The zero-order valence-corrected chi connectivity index (χ0v) is 13.5. The van der Waals surface area contributed by atoms with Gasteiger partial charge < -0.3 is 14.5 Å². The van der Waals surface area contributed by atoms with Crippen molar-refractivity contribution in [2.45, 2.75) is 6.92 Å². The smallest absolute Gasteiger partial charge is 0.200 e. The van der Waals surface area contributed by atoms with Crippen molar-refractivity contribution in [2.24, 2.45) is 0 Å². The molecule has 0 aliphatic heterocycles. The van der Waals surface area contributed by atoms with Gasteiger partial charge in [0.2, 0.25) is 5.43 Å². The summed E-state index contributed by atoms with van der Waals surface area (Å²) in [5.74, 6) is 0.924. The van der Waals surface area contributed by atoms with E-state index in [1.165, 1.54) is 6.20 Å². The summed E-state index contributed by atoms with van der Waals surface area (Å²) in [6, 6.07) is 11.9. The summed E-state index contributed by atoms with van der Waals surface area (Å²) in [5, 5.41) is 0.431. The molecule has 0 bridgehead atoms. The van der Waals surface area contributed by atoms with E-state index in [0.29, 0.717) is 34.6 Å². The fraction of sp³-hybridized carbons (Fsp3) is 0.158. The lowest BCUT2D eigenvalue weighted by molar-refractivity contribution is 0.103. The van der Waals surface area contributed by atoms with Gasteiger partial charge in [-0.15, -0.1) is 0 Å². The third-order valence-corrected chi connectivity index (χ3v) is 3.76. The number of ketones is 1. The molecule has 0 saturated carbocycles. The first-order chi connectivity index (χ1) is 11.6. The van der Waals surface area contributed by atoms with Crippen molar-refractivity contribution in [3.05, 3.63) is 70.0 Å². The van der Waals surface area contributed by atoms with Gasteiger partial charge in [-0.2, -0.15) is 0 Å². The Balaban J connectivity index is 2.06. The summed E-state index contributed by atoms with van der Waals surface area (Å²) >= 11 is 0. The zero-order valence-electron chi connectivity index (χ0n) is 13.5. The summed E-state index contributed by atoms with van der Waals surface area (Å²) in [5.41, 5.74) is 0.879. The molecule has 1 N–H and O–H groups in total. The highest BCUT2D eigenvalue weighted by Crippen LogP contribution is 2.19. The number of aromatic amines is 1. The summed E-state index contributed by atoms with van der Waals surface area (Å²) < 4.78 is 10.5. The molecule has 0 atom stereocenters. The maximum atomic E-state index is 12.7. The predicted molar refractivity (Wildman–Crippen MR) is 92.2 cm³/mol. The van der Waals surface area contributed by atoms with Crippen LogP contribution in [0.4, 0.5) is 0 Å². The number of carbonyl (C=O) groups is 1. The van der Waals surface area contributed by atoms with Gasteiger partial charge in [0, 0.05) is 22.7 Å². The predicted octanol–water partition coefficient (Wildman–Crippen LogP) is 3.17. The fourth-order valence-corrected chi connectivity index (χ4v) is 2.52. The number of fused-ring (bicyclic) bond motifs is 1. The Morgan fingerprint density at radius 2 is 1.79 bits per heavy atom. The van der Waals surface area contributed by atoms with E-state index in [-0.39, 0.29) is 16.8 Å². The number of H-pyrrole nitrogens is 1. The molecule has 0 unspecified atom stereocenters. The van der Waals surface area contributed by atoms with Crippen LogP contribution in [0.25, 0.3) is 10.9 Å². The second kappa shape index (κ2) is 6.58. The van der Waals surface area contributed by atoms with Crippen LogP contribution in [0.15, 0.2) is 53.5 Å². The molecule has 1 aromatic heterocycles. The number of hydrogen-bond donors (Lipinski definition) is 1. The van der Waals surface area contributed by atoms with Gasteiger partial charge in [-0.25, -0.2) is 0 Å². The van der Waals surface area contributed by atoms with Gasteiger partial charge in [0.1, 0.15) is 11.5 Å². The molecule has 1 heterocycles. The molecule has 0 radical (unpaired) electrons. The summed E-state index contributed by atoms with van der Waals surface area (Å²) in [4.78, 5) is 28.3. The highest BCUT2D eigenvalue weighted by molar-refractivity contribution is 6.10. The van der Waals surface area contributed by atoms with Crippen molar-refractivity contribution < 1.29 is 14.3 Å². The largest absolute Gasteiger partial charge is 0.497 e. The van der Waals surface area contributed by atoms with E-state index in [2.05, 4.69) is 4.98 Å². The molecular formula is C19H17NO4. The van der Waals surface area contributed by atoms with Gasteiger partial charge in [-0.05, 0) is 49.4 Å². The van der Waals surface area contributed by atoms with Crippen molar-refractivity contribution in [3.63, 3.8) is 0 Å². The number of ether oxygens (including phenoxy) is 2. The number of benzene rings is 2. The van der Waals surface area contributed by atoms with E-state index in [1.54, 1.807) is 49.6 Å². The molecule has 122 valence electrons. The second-order valence-corrected chi connectivity index (χ2v) is 5.23. The van der Waals surface area contributed by atoms with Crippen LogP contribution >= 0.6 is 0 Å². The third kappa shape index (κ3) is 2.88. The number of methoxy groups -OCH3 is 1. The van der Waals surface area contributed by atoms with Crippen molar-refractivity contribution in [3.8, 4) is 11.5 Å². The van der Waals surface area contributed by atoms with E-state index >= 15 is 0 Å². The Bertz CT molecular complexity index is 942. The number of aromatic nitrogens is 1. The monoisotopic (exact) mass is 323 g/mol. The van der Waals surface area contributed by atoms with Gasteiger partial charge >= 0.3 is 0 Å². The van der Waals surface area contributed by atoms with E-state index in [9.17, 15) is 9.59 Å². The van der Waals surface area contributed by atoms with Gasteiger partial charge in [0.25, 0.3) is 0 Å².